The first-order valence-electron chi connectivity index (χ1n) is 8.59. The Morgan fingerprint density at radius 3 is 1.93 bits per heavy atom. The summed E-state index contributed by atoms with van der Waals surface area (Å²) in [5.74, 6) is -0.150. The van der Waals surface area contributed by atoms with Crippen molar-refractivity contribution in [3.05, 3.63) is 118 Å². The first-order chi connectivity index (χ1) is 13.6. The van der Waals surface area contributed by atoms with E-state index in [0.29, 0.717) is 15.6 Å². The minimum Gasteiger partial charge on any atom is -0.291 e. The van der Waals surface area contributed by atoms with E-state index < -0.39 is 5.54 Å². The Morgan fingerprint density at radius 1 is 0.786 bits per heavy atom. The summed E-state index contributed by atoms with van der Waals surface area (Å²) in [6.07, 6.45) is 2.97. The molecule has 0 fully saturated rings. The molecule has 0 aliphatic rings. The average Bonchev–Trinajstić information content (AvgIpc) is 3.26. The number of rotatable bonds is 5. The monoisotopic (exact) mass is 407 g/mol. The summed E-state index contributed by atoms with van der Waals surface area (Å²) in [5, 5.41) is 5.50. The van der Waals surface area contributed by atoms with E-state index in [2.05, 4.69) is 10.1 Å². The van der Waals surface area contributed by atoms with Crippen molar-refractivity contribution in [3.63, 3.8) is 0 Å². The normalized spacial score (nSPS) is 13.1. The van der Waals surface area contributed by atoms with Gasteiger partial charge >= 0.3 is 0 Å². The molecule has 1 unspecified atom stereocenters. The van der Waals surface area contributed by atoms with E-state index in [9.17, 15) is 4.79 Å². The maximum Gasteiger partial charge on any atom is 0.199 e. The van der Waals surface area contributed by atoms with E-state index in [0.717, 1.165) is 11.1 Å². The fraction of sp³-hybridized carbons (Fsp3) is 0.0455. The lowest BCUT2D eigenvalue weighted by molar-refractivity contribution is 0.0878. The van der Waals surface area contributed by atoms with E-state index in [-0.39, 0.29) is 5.78 Å². The number of ketones is 1. The van der Waals surface area contributed by atoms with Crippen LogP contribution in [0.15, 0.2) is 91.5 Å². The van der Waals surface area contributed by atoms with Crippen LogP contribution in [-0.2, 0) is 5.54 Å². The molecule has 0 aliphatic heterocycles. The number of aromatic nitrogens is 3. The van der Waals surface area contributed by atoms with Crippen LogP contribution >= 0.6 is 23.2 Å². The van der Waals surface area contributed by atoms with Gasteiger partial charge in [-0.05, 0) is 47.5 Å². The summed E-state index contributed by atoms with van der Waals surface area (Å²) in [6, 6.07) is 23.6. The van der Waals surface area contributed by atoms with Crippen molar-refractivity contribution in [1.82, 2.24) is 14.8 Å². The molecule has 4 aromatic rings. The van der Waals surface area contributed by atoms with Gasteiger partial charge in [0.25, 0.3) is 0 Å². The SMILES string of the molecule is O=C(c1ccc(Cl)cc1)C(c1ccccc1)(c1ccc(Cl)cc1)n1cncn1. The van der Waals surface area contributed by atoms with E-state index >= 15 is 0 Å². The zero-order valence-electron chi connectivity index (χ0n) is 14.7. The lowest BCUT2D eigenvalue weighted by atomic mass is 9.77. The maximum atomic E-state index is 14.0. The molecule has 4 nitrogen and oxygen atoms in total. The molecule has 4 rings (SSSR count). The molecule has 6 heteroatoms. The number of hydrogen-bond donors (Lipinski definition) is 0. The van der Waals surface area contributed by atoms with E-state index in [1.54, 1.807) is 47.4 Å². The topological polar surface area (TPSA) is 47.8 Å². The summed E-state index contributed by atoms with van der Waals surface area (Å²) in [6.45, 7) is 0. The van der Waals surface area contributed by atoms with Crippen LogP contribution in [0.1, 0.15) is 21.5 Å². The zero-order chi connectivity index (χ0) is 19.6. The average molecular weight is 408 g/mol. The third-order valence-electron chi connectivity index (χ3n) is 4.65. The second kappa shape index (κ2) is 7.58. The summed E-state index contributed by atoms with van der Waals surface area (Å²) in [5.41, 5.74) is 0.769. The zero-order valence-corrected chi connectivity index (χ0v) is 16.2. The molecule has 1 aromatic heterocycles. The lowest BCUT2D eigenvalue weighted by Gasteiger charge is -2.33. The first kappa shape index (κ1) is 18.4. The molecular formula is C22H15Cl2N3O. The molecule has 0 radical (unpaired) electrons. The summed E-state index contributed by atoms with van der Waals surface area (Å²) in [4.78, 5) is 18.1. The van der Waals surface area contributed by atoms with Crippen molar-refractivity contribution in [2.24, 2.45) is 0 Å². The minimum absolute atomic E-state index is 0.150. The van der Waals surface area contributed by atoms with Gasteiger partial charge in [-0.3, -0.25) is 4.79 Å². The fourth-order valence-corrected chi connectivity index (χ4v) is 3.61. The number of carbonyl (C=O) groups excluding carboxylic acids is 1. The van der Waals surface area contributed by atoms with Gasteiger partial charge in [-0.1, -0.05) is 65.7 Å². The molecular weight excluding hydrogens is 393 g/mol. The molecule has 1 heterocycles. The van der Waals surface area contributed by atoms with Gasteiger partial charge in [-0.15, -0.1) is 0 Å². The van der Waals surface area contributed by atoms with Gasteiger partial charge in [-0.25, -0.2) is 9.67 Å². The van der Waals surface area contributed by atoms with Gasteiger partial charge in [-0.2, -0.15) is 5.10 Å². The molecule has 0 saturated heterocycles. The maximum absolute atomic E-state index is 14.0. The van der Waals surface area contributed by atoms with Gasteiger partial charge in [0, 0.05) is 15.6 Å². The number of Topliss-reactive ketones (excluding diaryl/α,β-unsaturated/α-hetero) is 1. The Labute approximate surface area is 172 Å². The molecule has 0 N–H and O–H groups in total. The largest absolute Gasteiger partial charge is 0.291 e. The molecule has 0 bridgehead atoms. The van der Waals surface area contributed by atoms with Crippen LogP contribution in [0, 0.1) is 0 Å². The van der Waals surface area contributed by atoms with E-state index in [1.165, 1.54) is 6.33 Å². The highest BCUT2D eigenvalue weighted by Gasteiger charge is 2.45. The highest BCUT2D eigenvalue weighted by molar-refractivity contribution is 6.31. The smallest absolute Gasteiger partial charge is 0.199 e. The first-order valence-corrected chi connectivity index (χ1v) is 9.35. The molecule has 1 atom stereocenters. The van der Waals surface area contributed by atoms with Crippen molar-refractivity contribution in [1.29, 1.82) is 0 Å². The Morgan fingerprint density at radius 2 is 1.36 bits per heavy atom. The molecule has 28 heavy (non-hydrogen) atoms. The Balaban J connectivity index is 2.05. The van der Waals surface area contributed by atoms with Crippen molar-refractivity contribution in [2.75, 3.05) is 0 Å². The third kappa shape index (κ3) is 3.11. The van der Waals surface area contributed by atoms with Gasteiger partial charge in [0.05, 0.1) is 0 Å². The highest BCUT2D eigenvalue weighted by atomic mass is 35.5. The van der Waals surface area contributed by atoms with Crippen LogP contribution in [0.2, 0.25) is 10.0 Å². The number of hydrogen-bond acceptors (Lipinski definition) is 3. The standard InChI is InChI=1S/C22H15Cl2N3O/c23-19-10-6-16(7-11-19)21(28)22(27-15-25-14-26-27,17-4-2-1-3-5-17)18-8-12-20(24)13-9-18/h1-15H. The minimum atomic E-state index is -1.24. The number of nitrogens with zero attached hydrogens (tertiary/aromatic N) is 3. The van der Waals surface area contributed by atoms with Crippen molar-refractivity contribution in [3.8, 4) is 0 Å². The van der Waals surface area contributed by atoms with Crippen LogP contribution in [0.25, 0.3) is 0 Å². The summed E-state index contributed by atoms with van der Waals surface area (Å²) < 4.78 is 1.59. The number of halogens is 2. The van der Waals surface area contributed by atoms with Crippen LogP contribution < -0.4 is 0 Å². The molecule has 3 aromatic carbocycles. The van der Waals surface area contributed by atoms with Crippen molar-refractivity contribution >= 4 is 29.0 Å². The lowest BCUT2D eigenvalue weighted by Crippen LogP contribution is -2.44. The predicted octanol–water partition coefficient (Wildman–Crippen LogP) is 5.26. The molecule has 0 saturated carbocycles. The molecule has 138 valence electrons. The van der Waals surface area contributed by atoms with Crippen LogP contribution in [0.3, 0.4) is 0 Å². The molecule has 0 aliphatic carbocycles. The Kier molecular flexibility index (Phi) is 4.99. The van der Waals surface area contributed by atoms with Crippen LogP contribution in [-0.4, -0.2) is 20.5 Å². The summed E-state index contributed by atoms with van der Waals surface area (Å²) >= 11 is 12.1. The number of benzene rings is 3. The van der Waals surface area contributed by atoms with Crippen LogP contribution in [0.5, 0.6) is 0 Å². The molecule has 0 amide bonds. The van der Waals surface area contributed by atoms with Gasteiger partial charge < -0.3 is 0 Å². The predicted molar refractivity (Wildman–Crippen MR) is 110 cm³/mol. The second-order valence-corrected chi connectivity index (χ2v) is 7.13. The third-order valence-corrected chi connectivity index (χ3v) is 5.15. The quantitative estimate of drug-likeness (QED) is 0.424. The van der Waals surface area contributed by atoms with E-state index in [4.69, 9.17) is 23.2 Å². The highest BCUT2D eigenvalue weighted by Crippen LogP contribution is 2.37. The summed E-state index contributed by atoms with van der Waals surface area (Å²) in [7, 11) is 0. The fourth-order valence-electron chi connectivity index (χ4n) is 3.36. The Hall–Kier alpha value is -2.95. The Bertz CT molecular complexity index is 1080. The van der Waals surface area contributed by atoms with Gasteiger partial charge in [0.2, 0.25) is 0 Å². The van der Waals surface area contributed by atoms with Gasteiger partial charge in [0.15, 0.2) is 11.3 Å². The van der Waals surface area contributed by atoms with Crippen molar-refractivity contribution in [2.45, 2.75) is 5.54 Å². The second-order valence-electron chi connectivity index (χ2n) is 6.26. The molecule has 0 spiro atoms. The van der Waals surface area contributed by atoms with Crippen LogP contribution in [0.4, 0.5) is 0 Å². The van der Waals surface area contributed by atoms with E-state index in [1.807, 2.05) is 42.5 Å². The van der Waals surface area contributed by atoms with Gasteiger partial charge in [0.1, 0.15) is 12.7 Å². The number of carbonyl (C=O) groups is 1. The van der Waals surface area contributed by atoms with Crippen molar-refractivity contribution < 1.29 is 4.79 Å².